The Morgan fingerprint density at radius 2 is 1.62 bits per heavy atom. The maximum Gasteiger partial charge on any atom is 0.223 e. The van der Waals surface area contributed by atoms with E-state index in [1.54, 1.807) is 12.1 Å². The molecule has 3 rings (SSSR count). The Morgan fingerprint density at radius 1 is 0.923 bits per heavy atom. The van der Waals surface area contributed by atoms with Gasteiger partial charge in [0, 0.05) is 39.1 Å². The number of carbonyl (C=O) groups excluding carboxylic acids is 1. The smallest absolute Gasteiger partial charge is 0.223 e. The van der Waals surface area contributed by atoms with E-state index in [0.717, 1.165) is 13.0 Å². The highest BCUT2D eigenvalue weighted by Crippen LogP contribution is 2.20. The van der Waals surface area contributed by atoms with Gasteiger partial charge in [-0.3, -0.25) is 4.79 Å². The number of benzene rings is 2. The summed E-state index contributed by atoms with van der Waals surface area (Å²) < 4.78 is 13.9. The molecule has 4 nitrogen and oxygen atoms in total. The van der Waals surface area contributed by atoms with Gasteiger partial charge in [-0.2, -0.15) is 0 Å². The Balaban J connectivity index is 1.34. The minimum Gasteiger partial charge on any atom is -0.366 e. The topological polar surface area (TPSA) is 35.6 Å². The molecule has 0 atom stereocenters. The van der Waals surface area contributed by atoms with Crippen LogP contribution in [0.4, 0.5) is 10.1 Å². The van der Waals surface area contributed by atoms with Crippen molar-refractivity contribution >= 4 is 11.6 Å². The number of carbonyl (C=O) groups is 1. The van der Waals surface area contributed by atoms with Gasteiger partial charge in [0.15, 0.2) is 0 Å². The van der Waals surface area contributed by atoms with E-state index in [4.69, 9.17) is 0 Å². The maximum atomic E-state index is 13.9. The van der Waals surface area contributed by atoms with Gasteiger partial charge in [0.25, 0.3) is 0 Å². The summed E-state index contributed by atoms with van der Waals surface area (Å²) in [7, 11) is 0. The van der Waals surface area contributed by atoms with Crippen LogP contribution in [0.1, 0.15) is 12.0 Å². The highest BCUT2D eigenvalue weighted by molar-refractivity contribution is 5.76. The van der Waals surface area contributed by atoms with E-state index in [9.17, 15) is 9.18 Å². The zero-order valence-electron chi connectivity index (χ0n) is 15.0. The molecule has 26 heavy (non-hydrogen) atoms. The van der Waals surface area contributed by atoms with Crippen molar-refractivity contribution in [3.05, 3.63) is 66.0 Å². The van der Waals surface area contributed by atoms with Gasteiger partial charge in [-0.25, -0.2) is 4.39 Å². The number of para-hydroxylation sites is 1. The summed E-state index contributed by atoms with van der Waals surface area (Å²) in [5, 5.41) is 3.34. The molecule has 0 radical (unpaired) electrons. The van der Waals surface area contributed by atoms with Crippen LogP contribution in [0.15, 0.2) is 54.6 Å². The van der Waals surface area contributed by atoms with E-state index in [2.05, 4.69) is 17.4 Å². The van der Waals surface area contributed by atoms with Gasteiger partial charge in [-0.05, 0) is 30.7 Å². The Kier molecular flexibility index (Phi) is 6.61. The van der Waals surface area contributed by atoms with Crippen LogP contribution in [0.3, 0.4) is 0 Å². The van der Waals surface area contributed by atoms with E-state index < -0.39 is 0 Å². The second-order valence-corrected chi connectivity index (χ2v) is 6.55. The summed E-state index contributed by atoms with van der Waals surface area (Å²) in [4.78, 5) is 16.2. The zero-order valence-corrected chi connectivity index (χ0v) is 15.0. The first-order valence-corrected chi connectivity index (χ1v) is 9.26. The van der Waals surface area contributed by atoms with Gasteiger partial charge in [0.05, 0.1) is 5.69 Å². The van der Waals surface area contributed by atoms with Crippen LogP contribution >= 0.6 is 0 Å². The lowest BCUT2D eigenvalue weighted by molar-refractivity contribution is -0.131. The molecule has 0 aliphatic carbocycles. The molecule has 0 aromatic heterocycles. The molecule has 0 unspecified atom stereocenters. The van der Waals surface area contributed by atoms with Crippen LogP contribution in [-0.2, 0) is 11.2 Å². The molecule has 5 heteroatoms. The first kappa shape index (κ1) is 18.4. The Bertz CT molecular complexity index is 699. The van der Waals surface area contributed by atoms with E-state index >= 15 is 0 Å². The first-order chi connectivity index (χ1) is 12.7. The van der Waals surface area contributed by atoms with Gasteiger partial charge in [0.1, 0.15) is 5.82 Å². The molecular formula is C21H26FN3O. The molecule has 2 aromatic carbocycles. The normalized spacial score (nSPS) is 14.5. The van der Waals surface area contributed by atoms with Crippen molar-refractivity contribution in [3.8, 4) is 0 Å². The number of rotatable bonds is 7. The van der Waals surface area contributed by atoms with Crippen LogP contribution in [0.2, 0.25) is 0 Å². The molecular weight excluding hydrogens is 329 g/mol. The molecule has 1 N–H and O–H groups in total. The van der Waals surface area contributed by atoms with Crippen molar-refractivity contribution in [1.82, 2.24) is 10.2 Å². The van der Waals surface area contributed by atoms with Gasteiger partial charge >= 0.3 is 0 Å². The number of anilines is 1. The van der Waals surface area contributed by atoms with Crippen molar-refractivity contribution in [2.75, 3.05) is 44.2 Å². The van der Waals surface area contributed by atoms with E-state index in [0.29, 0.717) is 44.8 Å². The summed E-state index contributed by atoms with van der Waals surface area (Å²) in [6.45, 7) is 4.22. The number of hydrogen-bond acceptors (Lipinski definition) is 3. The first-order valence-electron chi connectivity index (χ1n) is 9.26. The van der Waals surface area contributed by atoms with Crippen molar-refractivity contribution in [1.29, 1.82) is 0 Å². The second kappa shape index (κ2) is 9.34. The molecule has 1 fully saturated rings. The predicted molar refractivity (Wildman–Crippen MR) is 103 cm³/mol. The van der Waals surface area contributed by atoms with Gasteiger partial charge in [-0.15, -0.1) is 0 Å². The van der Waals surface area contributed by atoms with E-state index in [1.165, 1.54) is 11.6 Å². The number of amides is 1. The lowest BCUT2D eigenvalue weighted by Crippen LogP contribution is -2.49. The van der Waals surface area contributed by atoms with Crippen LogP contribution in [-0.4, -0.2) is 50.1 Å². The van der Waals surface area contributed by atoms with Crippen LogP contribution < -0.4 is 10.2 Å². The average Bonchev–Trinajstić information content (AvgIpc) is 2.69. The Labute approximate surface area is 154 Å². The molecule has 1 aliphatic rings. The van der Waals surface area contributed by atoms with Crippen LogP contribution in [0, 0.1) is 5.82 Å². The Morgan fingerprint density at radius 3 is 2.35 bits per heavy atom. The quantitative estimate of drug-likeness (QED) is 0.776. The summed E-state index contributed by atoms with van der Waals surface area (Å²) in [6.07, 6.45) is 1.48. The summed E-state index contributed by atoms with van der Waals surface area (Å²) in [6, 6.07) is 17.1. The molecule has 1 amide bonds. The molecule has 2 aromatic rings. The minimum absolute atomic E-state index is 0.172. The third kappa shape index (κ3) is 5.05. The SMILES string of the molecule is O=C(CCNCCc1ccccc1)N1CCN(c2ccccc2F)CC1. The fourth-order valence-electron chi connectivity index (χ4n) is 3.26. The number of nitrogens with zero attached hydrogens (tertiary/aromatic N) is 2. The fourth-order valence-corrected chi connectivity index (χ4v) is 3.26. The Hall–Kier alpha value is -2.40. The number of halogens is 1. The monoisotopic (exact) mass is 355 g/mol. The number of piperazine rings is 1. The molecule has 1 aliphatic heterocycles. The molecule has 1 heterocycles. The lowest BCUT2D eigenvalue weighted by Gasteiger charge is -2.36. The highest BCUT2D eigenvalue weighted by Gasteiger charge is 2.22. The van der Waals surface area contributed by atoms with Gasteiger partial charge < -0.3 is 15.1 Å². The number of nitrogens with one attached hydrogen (secondary N) is 1. The standard InChI is InChI=1S/C21H26FN3O/c22-19-8-4-5-9-20(19)24-14-16-25(17-15-24)21(26)11-13-23-12-10-18-6-2-1-3-7-18/h1-9,23H,10-17H2. The van der Waals surface area contributed by atoms with Gasteiger partial charge in [-0.1, -0.05) is 42.5 Å². The average molecular weight is 355 g/mol. The van der Waals surface area contributed by atoms with Crippen LogP contribution in [0.5, 0.6) is 0 Å². The lowest BCUT2D eigenvalue weighted by atomic mass is 10.1. The highest BCUT2D eigenvalue weighted by atomic mass is 19.1. The molecule has 1 saturated heterocycles. The molecule has 0 saturated carbocycles. The third-order valence-electron chi connectivity index (χ3n) is 4.77. The summed E-state index contributed by atoms with van der Waals surface area (Å²) >= 11 is 0. The van der Waals surface area contributed by atoms with E-state index in [-0.39, 0.29) is 11.7 Å². The largest absolute Gasteiger partial charge is 0.366 e. The molecule has 138 valence electrons. The zero-order chi connectivity index (χ0) is 18.2. The number of hydrogen-bond donors (Lipinski definition) is 1. The summed E-state index contributed by atoms with van der Waals surface area (Å²) in [5.74, 6) is -0.0275. The van der Waals surface area contributed by atoms with Crippen molar-refractivity contribution < 1.29 is 9.18 Å². The van der Waals surface area contributed by atoms with Gasteiger partial charge in [0.2, 0.25) is 5.91 Å². The summed E-state index contributed by atoms with van der Waals surface area (Å²) in [5.41, 5.74) is 1.93. The van der Waals surface area contributed by atoms with Crippen molar-refractivity contribution in [3.63, 3.8) is 0 Å². The second-order valence-electron chi connectivity index (χ2n) is 6.55. The molecule has 0 bridgehead atoms. The predicted octanol–water partition coefficient (Wildman–Crippen LogP) is 2.70. The van der Waals surface area contributed by atoms with E-state index in [1.807, 2.05) is 34.1 Å². The minimum atomic E-state index is -0.199. The fraction of sp³-hybridized carbons (Fsp3) is 0.381. The van der Waals surface area contributed by atoms with Crippen LogP contribution in [0.25, 0.3) is 0 Å². The van der Waals surface area contributed by atoms with Crippen molar-refractivity contribution in [2.45, 2.75) is 12.8 Å². The molecule has 0 spiro atoms. The maximum absolute atomic E-state index is 13.9. The third-order valence-corrected chi connectivity index (χ3v) is 4.77. The van der Waals surface area contributed by atoms with Crippen molar-refractivity contribution in [2.24, 2.45) is 0 Å².